The Hall–Kier alpha value is -1.39. The molecule has 5 heteroatoms. The number of aromatic nitrogens is 2. The maximum absolute atomic E-state index is 13.0. The van der Waals surface area contributed by atoms with E-state index >= 15 is 0 Å². The Morgan fingerprint density at radius 3 is 2.54 bits per heavy atom. The van der Waals surface area contributed by atoms with E-state index in [4.69, 9.17) is 5.73 Å². The molecule has 0 aromatic carbocycles. The minimum atomic E-state index is -0.988. The topological polar surface area (TPSA) is 60.9 Å². The highest BCUT2D eigenvalue weighted by Crippen LogP contribution is 2.10. The second-order valence-electron chi connectivity index (χ2n) is 3.79. The number of rotatable bonds is 0. The smallest absolute Gasteiger partial charge is 0.292 e. The summed E-state index contributed by atoms with van der Waals surface area (Å²) in [5.41, 5.74) is 3.91. The monoisotopic (exact) mass is 185 g/mol. The summed E-state index contributed by atoms with van der Waals surface area (Å²) in [7, 11) is 0. The van der Waals surface area contributed by atoms with Crippen LogP contribution in [0.4, 0.5) is 10.2 Å². The zero-order valence-electron chi connectivity index (χ0n) is 7.84. The molecule has 0 spiro atoms. The van der Waals surface area contributed by atoms with Crippen LogP contribution >= 0.6 is 0 Å². The van der Waals surface area contributed by atoms with Gasteiger partial charge in [-0.25, -0.2) is 4.98 Å². The van der Waals surface area contributed by atoms with Crippen molar-refractivity contribution in [3.63, 3.8) is 0 Å². The predicted octanol–water partition coefficient (Wildman–Crippen LogP) is 0.720. The standard InChI is InChI=1S/C8H12FN3O/c1-8(2,3)12-4-11-6(10)5(9)7(12)13/h4H,10H2,1-3H3. The van der Waals surface area contributed by atoms with Gasteiger partial charge in [0, 0.05) is 5.54 Å². The van der Waals surface area contributed by atoms with E-state index in [2.05, 4.69) is 4.98 Å². The van der Waals surface area contributed by atoms with E-state index in [-0.39, 0.29) is 5.82 Å². The van der Waals surface area contributed by atoms with Gasteiger partial charge in [-0.1, -0.05) is 0 Å². The Morgan fingerprint density at radius 1 is 1.54 bits per heavy atom. The van der Waals surface area contributed by atoms with E-state index in [1.807, 2.05) is 0 Å². The lowest BCUT2D eigenvalue weighted by molar-refractivity contribution is 0.367. The van der Waals surface area contributed by atoms with Crippen LogP contribution in [0, 0.1) is 5.82 Å². The summed E-state index contributed by atoms with van der Waals surface area (Å²) < 4.78 is 14.2. The number of hydrogen-bond acceptors (Lipinski definition) is 3. The van der Waals surface area contributed by atoms with Crippen LogP contribution in [-0.4, -0.2) is 9.55 Å². The first-order valence-electron chi connectivity index (χ1n) is 3.87. The van der Waals surface area contributed by atoms with Gasteiger partial charge in [-0.15, -0.1) is 0 Å². The fourth-order valence-electron chi connectivity index (χ4n) is 0.922. The van der Waals surface area contributed by atoms with E-state index in [0.717, 1.165) is 0 Å². The number of anilines is 1. The molecule has 0 fully saturated rings. The fourth-order valence-corrected chi connectivity index (χ4v) is 0.922. The van der Waals surface area contributed by atoms with Crippen molar-refractivity contribution in [3.05, 3.63) is 22.5 Å². The molecule has 1 heterocycles. The van der Waals surface area contributed by atoms with E-state index < -0.39 is 16.9 Å². The molecule has 0 amide bonds. The largest absolute Gasteiger partial charge is 0.381 e. The van der Waals surface area contributed by atoms with Crippen molar-refractivity contribution in [3.8, 4) is 0 Å². The van der Waals surface area contributed by atoms with Crippen molar-refractivity contribution < 1.29 is 4.39 Å². The molecule has 0 aliphatic carbocycles. The van der Waals surface area contributed by atoms with Gasteiger partial charge in [0.15, 0.2) is 5.82 Å². The molecule has 2 N–H and O–H groups in total. The summed E-state index contributed by atoms with van der Waals surface area (Å²) in [5, 5.41) is 0. The maximum Gasteiger partial charge on any atom is 0.292 e. The van der Waals surface area contributed by atoms with Crippen LogP contribution in [0.1, 0.15) is 20.8 Å². The zero-order chi connectivity index (χ0) is 10.2. The van der Waals surface area contributed by atoms with Crippen molar-refractivity contribution in [2.24, 2.45) is 0 Å². The summed E-state index contributed by atoms with van der Waals surface area (Å²) in [4.78, 5) is 14.9. The van der Waals surface area contributed by atoms with Crippen molar-refractivity contribution in [2.75, 3.05) is 5.73 Å². The normalized spacial score (nSPS) is 11.7. The second kappa shape index (κ2) is 2.83. The first kappa shape index (κ1) is 9.70. The van der Waals surface area contributed by atoms with E-state index in [1.54, 1.807) is 20.8 Å². The highest BCUT2D eigenvalue weighted by Gasteiger charge is 2.18. The third kappa shape index (κ3) is 1.68. The average Bonchev–Trinajstić information content (AvgIpc) is 1.98. The molecule has 1 aromatic rings. The highest BCUT2D eigenvalue weighted by atomic mass is 19.1. The highest BCUT2D eigenvalue weighted by molar-refractivity contribution is 5.26. The van der Waals surface area contributed by atoms with Gasteiger partial charge in [0.2, 0.25) is 5.82 Å². The first-order chi connectivity index (χ1) is 5.84. The number of hydrogen-bond donors (Lipinski definition) is 1. The SMILES string of the molecule is CC(C)(C)n1cnc(N)c(F)c1=O. The predicted molar refractivity (Wildman–Crippen MR) is 47.9 cm³/mol. The average molecular weight is 185 g/mol. The summed E-state index contributed by atoms with van der Waals surface area (Å²) in [6, 6.07) is 0. The Labute approximate surface area is 75.2 Å². The minimum Gasteiger partial charge on any atom is -0.381 e. The van der Waals surface area contributed by atoms with Crippen molar-refractivity contribution >= 4 is 5.82 Å². The lowest BCUT2D eigenvalue weighted by atomic mass is 10.1. The minimum absolute atomic E-state index is 0.356. The number of nitrogens with zero attached hydrogens (tertiary/aromatic N) is 2. The third-order valence-corrected chi connectivity index (χ3v) is 1.67. The molecule has 0 saturated carbocycles. The number of nitrogen functional groups attached to an aromatic ring is 1. The van der Waals surface area contributed by atoms with Gasteiger partial charge in [-0.3, -0.25) is 9.36 Å². The Kier molecular flexibility index (Phi) is 2.11. The van der Waals surface area contributed by atoms with Gasteiger partial charge in [-0.05, 0) is 20.8 Å². The molecular formula is C8H12FN3O. The second-order valence-corrected chi connectivity index (χ2v) is 3.79. The molecule has 1 rings (SSSR count). The molecule has 1 aromatic heterocycles. The quantitative estimate of drug-likeness (QED) is 0.647. The molecule has 0 aliphatic rings. The lowest BCUT2D eigenvalue weighted by Crippen LogP contribution is -2.36. The van der Waals surface area contributed by atoms with Gasteiger partial charge < -0.3 is 5.73 Å². The Morgan fingerprint density at radius 2 is 2.08 bits per heavy atom. The third-order valence-electron chi connectivity index (χ3n) is 1.67. The van der Waals surface area contributed by atoms with E-state index in [0.29, 0.717) is 0 Å². The lowest BCUT2D eigenvalue weighted by Gasteiger charge is -2.21. The molecule has 0 bridgehead atoms. The molecule has 13 heavy (non-hydrogen) atoms. The first-order valence-corrected chi connectivity index (χ1v) is 3.87. The molecule has 0 unspecified atom stereocenters. The summed E-state index contributed by atoms with van der Waals surface area (Å²) in [6.45, 7) is 5.35. The van der Waals surface area contributed by atoms with Gasteiger partial charge in [-0.2, -0.15) is 4.39 Å². The Balaban J connectivity index is 3.44. The zero-order valence-corrected chi connectivity index (χ0v) is 7.84. The van der Waals surface area contributed by atoms with Crippen LogP contribution in [0.25, 0.3) is 0 Å². The number of nitrogens with two attached hydrogens (primary N) is 1. The van der Waals surface area contributed by atoms with Crippen LogP contribution in [0.5, 0.6) is 0 Å². The molecular weight excluding hydrogens is 173 g/mol. The summed E-state index contributed by atoms with van der Waals surface area (Å²) in [5.74, 6) is -1.34. The van der Waals surface area contributed by atoms with E-state index in [1.165, 1.54) is 10.9 Å². The van der Waals surface area contributed by atoms with Crippen LogP contribution in [0.15, 0.2) is 11.1 Å². The Bertz CT molecular complexity index is 378. The molecule has 4 nitrogen and oxygen atoms in total. The molecule has 0 atom stereocenters. The molecule has 0 aliphatic heterocycles. The van der Waals surface area contributed by atoms with Crippen LogP contribution in [0.3, 0.4) is 0 Å². The van der Waals surface area contributed by atoms with Gasteiger partial charge in [0.05, 0.1) is 0 Å². The van der Waals surface area contributed by atoms with Crippen LogP contribution in [-0.2, 0) is 5.54 Å². The molecule has 0 saturated heterocycles. The van der Waals surface area contributed by atoms with Crippen molar-refractivity contribution in [2.45, 2.75) is 26.3 Å². The summed E-state index contributed by atoms with van der Waals surface area (Å²) >= 11 is 0. The van der Waals surface area contributed by atoms with Crippen molar-refractivity contribution in [1.29, 1.82) is 0 Å². The number of halogens is 1. The van der Waals surface area contributed by atoms with Crippen molar-refractivity contribution in [1.82, 2.24) is 9.55 Å². The van der Waals surface area contributed by atoms with Crippen LogP contribution < -0.4 is 11.3 Å². The van der Waals surface area contributed by atoms with E-state index in [9.17, 15) is 9.18 Å². The van der Waals surface area contributed by atoms with Gasteiger partial charge in [0.1, 0.15) is 6.33 Å². The maximum atomic E-state index is 13.0. The van der Waals surface area contributed by atoms with Crippen LogP contribution in [0.2, 0.25) is 0 Å². The summed E-state index contributed by atoms with van der Waals surface area (Å²) in [6.07, 6.45) is 1.25. The molecule has 72 valence electrons. The molecule has 0 radical (unpaired) electrons. The van der Waals surface area contributed by atoms with Gasteiger partial charge >= 0.3 is 0 Å². The van der Waals surface area contributed by atoms with Gasteiger partial charge in [0.25, 0.3) is 5.56 Å². The fraction of sp³-hybridized carbons (Fsp3) is 0.500.